The Balaban J connectivity index is 1.30. The molecule has 2 amide bonds. The van der Waals surface area contributed by atoms with Gasteiger partial charge in [0.1, 0.15) is 6.04 Å². The first-order valence-electron chi connectivity index (χ1n) is 9.64. The number of aryl methyl sites for hydroxylation is 1. The number of amides is 2. The molecule has 2 aliphatic carbocycles. The van der Waals surface area contributed by atoms with E-state index in [2.05, 4.69) is 5.32 Å². The molecule has 0 aromatic heterocycles. The molecule has 2 heterocycles. The number of ether oxygens (including phenoxy) is 1. The third kappa shape index (κ3) is 2.80. The van der Waals surface area contributed by atoms with Crippen LogP contribution in [0.5, 0.6) is 0 Å². The number of carbonyl (C=O) groups is 2. The average Bonchev–Trinajstić information content (AvgIpc) is 3.44. The van der Waals surface area contributed by atoms with E-state index in [9.17, 15) is 22.8 Å². The molecule has 1 aromatic carbocycles. The van der Waals surface area contributed by atoms with Crippen molar-refractivity contribution in [2.45, 2.75) is 38.0 Å². The summed E-state index contributed by atoms with van der Waals surface area (Å²) in [5.74, 6) is 0.634. The number of likely N-dealkylation sites (tertiary alicyclic amines) is 1. The van der Waals surface area contributed by atoms with Crippen LogP contribution in [-0.2, 0) is 20.5 Å². The number of anilines is 1. The summed E-state index contributed by atoms with van der Waals surface area (Å²) in [6.45, 7) is 2.76. The van der Waals surface area contributed by atoms with Crippen molar-refractivity contribution in [1.29, 1.82) is 0 Å². The summed E-state index contributed by atoms with van der Waals surface area (Å²) in [5.41, 5.74) is -0.0508. The third-order valence-electron chi connectivity index (χ3n) is 6.71. The highest BCUT2D eigenvalue weighted by atomic mass is 19.4. The number of hydrogen-bond acceptors (Lipinski definition) is 3. The van der Waals surface area contributed by atoms with Crippen LogP contribution in [0.4, 0.5) is 18.9 Å². The highest BCUT2D eigenvalue weighted by Crippen LogP contribution is 2.55. The van der Waals surface area contributed by atoms with Crippen LogP contribution < -0.4 is 5.32 Å². The van der Waals surface area contributed by atoms with Crippen molar-refractivity contribution in [3.63, 3.8) is 0 Å². The van der Waals surface area contributed by atoms with Crippen LogP contribution in [0.15, 0.2) is 18.2 Å². The lowest BCUT2D eigenvalue weighted by Crippen LogP contribution is -2.46. The van der Waals surface area contributed by atoms with Crippen molar-refractivity contribution < 1.29 is 27.5 Å². The predicted octanol–water partition coefficient (Wildman–Crippen LogP) is 2.83. The Morgan fingerprint density at radius 2 is 1.89 bits per heavy atom. The summed E-state index contributed by atoms with van der Waals surface area (Å²) >= 11 is 0. The van der Waals surface area contributed by atoms with Crippen molar-refractivity contribution in [2.24, 2.45) is 23.7 Å². The fourth-order valence-electron chi connectivity index (χ4n) is 4.98. The molecule has 1 N–H and O–H groups in total. The number of halogens is 3. The maximum atomic E-state index is 13.0. The Labute approximate surface area is 160 Å². The molecule has 8 heteroatoms. The second-order valence-corrected chi connectivity index (χ2v) is 8.47. The van der Waals surface area contributed by atoms with Crippen molar-refractivity contribution >= 4 is 17.5 Å². The van der Waals surface area contributed by atoms with Crippen LogP contribution >= 0.6 is 0 Å². The second-order valence-electron chi connectivity index (χ2n) is 8.47. The van der Waals surface area contributed by atoms with Gasteiger partial charge in [-0.05, 0) is 61.3 Å². The number of nitrogens with zero attached hydrogens (tertiary/aromatic N) is 1. The van der Waals surface area contributed by atoms with Crippen LogP contribution in [0.25, 0.3) is 0 Å². The molecule has 6 atom stereocenters. The predicted molar refractivity (Wildman–Crippen MR) is 93.2 cm³/mol. The van der Waals surface area contributed by atoms with Gasteiger partial charge in [-0.2, -0.15) is 13.2 Å². The zero-order valence-corrected chi connectivity index (χ0v) is 15.3. The molecule has 28 heavy (non-hydrogen) atoms. The second kappa shape index (κ2) is 5.95. The Morgan fingerprint density at radius 3 is 2.54 bits per heavy atom. The molecule has 2 aliphatic heterocycles. The van der Waals surface area contributed by atoms with E-state index in [0.29, 0.717) is 36.8 Å². The molecule has 1 unspecified atom stereocenters. The van der Waals surface area contributed by atoms with Crippen molar-refractivity contribution in [3.8, 4) is 0 Å². The van der Waals surface area contributed by atoms with E-state index in [1.807, 2.05) is 0 Å². The van der Waals surface area contributed by atoms with E-state index >= 15 is 0 Å². The standard InChI is InChI=1S/C20H21F3N2O3/c1-9-4-11(20(21,22)23)2-3-14(9)24-18(26)16-6-10-5-15(10)25(16)19(27)17-12-7-28-8-13(12)17/h2-4,10,12-13,15-17H,5-8H2,1H3,(H,24,26)/t10-,12-,13+,15-,16-,17?/m0/s1. The SMILES string of the molecule is Cc1cc(C(F)(F)F)ccc1NC(=O)[C@@H]1C[C@@H]2C[C@@H]2N1C(=O)C1[C@H]2COC[C@@H]12. The minimum absolute atomic E-state index is 0.0313. The number of carbonyl (C=O) groups excluding carboxylic acids is 2. The van der Waals surface area contributed by atoms with Crippen molar-refractivity contribution in [3.05, 3.63) is 29.3 Å². The van der Waals surface area contributed by atoms with Gasteiger partial charge in [0.15, 0.2) is 0 Å². The molecule has 4 aliphatic rings. The number of fused-ring (bicyclic) bond motifs is 2. The number of rotatable bonds is 3. The Hall–Kier alpha value is -2.09. The van der Waals surface area contributed by atoms with Gasteiger partial charge in [-0.15, -0.1) is 0 Å². The van der Waals surface area contributed by atoms with Crippen LogP contribution in [0.1, 0.15) is 24.0 Å². The van der Waals surface area contributed by atoms with E-state index in [4.69, 9.17) is 4.74 Å². The summed E-state index contributed by atoms with van der Waals surface area (Å²) in [7, 11) is 0. The largest absolute Gasteiger partial charge is 0.416 e. The molecule has 4 fully saturated rings. The van der Waals surface area contributed by atoms with E-state index in [1.165, 1.54) is 13.0 Å². The molecular formula is C20H21F3N2O3. The fraction of sp³-hybridized carbons (Fsp3) is 0.600. The summed E-state index contributed by atoms with van der Waals surface area (Å²) in [5, 5.41) is 2.74. The van der Waals surface area contributed by atoms with Gasteiger partial charge >= 0.3 is 6.18 Å². The summed E-state index contributed by atoms with van der Waals surface area (Å²) < 4.78 is 43.9. The smallest absolute Gasteiger partial charge is 0.381 e. The molecule has 5 rings (SSSR count). The molecule has 5 nitrogen and oxygen atoms in total. The zero-order chi connectivity index (χ0) is 19.8. The number of alkyl halides is 3. The zero-order valence-electron chi connectivity index (χ0n) is 15.3. The monoisotopic (exact) mass is 394 g/mol. The number of benzene rings is 1. The summed E-state index contributed by atoms with van der Waals surface area (Å²) in [6, 6.07) is 2.86. The van der Waals surface area contributed by atoms with Crippen molar-refractivity contribution in [1.82, 2.24) is 4.90 Å². The molecule has 2 saturated carbocycles. The molecule has 0 spiro atoms. The van der Waals surface area contributed by atoms with Gasteiger partial charge in [-0.3, -0.25) is 9.59 Å². The topological polar surface area (TPSA) is 58.6 Å². The van der Waals surface area contributed by atoms with Crippen LogP contribution in [0, 0.1) is 30.6 Å². The molecule has 0 radical (unpaired) electrons. The Kier molecular flexibility index (Phi) is 3.82. The van der Waals surface area contributed by atoms with Gasteiger partial charge in [-0.1, -0.05) is 0 Å². The van der Waals surface area contributed by atoms with Gasteiger partial charge in [0.05, 0.1) is 18.8 Å². The molecule has 2 saturated heterocycles. The van der Waals surface area contributed by atoms with Crippen molar-refractivity contribution in [2.75, 3.05) is 18.5 Å². The normalized spacial score (nSPS) is 35.4. The first-order chi connectivity index (χ1) is 13.3. The van der Waals surface area contributed by atoms with E-state index < -0.39 is 17.8 Å². The van der Waals surface area contributed by atoms with Gasteiger partial charge in [0.2, 0.25) is 11.8 Å². The first kappa shape index (κ1) is 18.0. The molecule has 150 valence electrons. The number of piperidine rings is 1. The van der Waals surface area contributed by atoms with Gasteiger partial charge in [-0.25, -0.2) is 0 Å². The maximum Gasteiger partial charge on any atom is 0.416 e. The highest BCUT2D eigenvalue weighted by molar-refractivity contribution is 5.99. The maximum absolute atomic E-state index is 13.0. The first-order valence-corrected chi connectivity index (χ1v) is 9.64. The number of nitrogens with one attached hydrogen (secondary N) is 1. The summed E-state index contributed by atoms with van der Waals surface area (Å²) in [6.07, 6.45) is -2.86. The minimum atomic E-state index is -4.42. The molecular weight excluding hydrogens is 373 g/mol. The van der Waals surface area contributed by atoms with Crippen LogP contribution in [0.3, 0.4) is 0 Å². The van der Waals surface area contributed by atoms with E-state index in [-0.39, 0.29) is 35.6 Å². The third-order valence-corrected chi connectivity index (χ3v) is 6.71. The Morgan fingerprint density at radius 1 is 1.18 bits per heavy atom. The van der Waals surface area contributed by atoms with Gasteiger partial charge in [0, 0.05) is 17.6 Å². The molecule has 1 aromatic rings. The molecule has 0 bridgehead atoms. The lowest BCUT2D eigenvalue weighted by molar-refractivity contribution is -0.140. The van der Waals surface area contributed by atoms with Crippen LogP contribution in [-0.4, -0.2) is 42.0 Å². The summed E-state index contributed by atoms with van der Waals surface area (Å²) in [4.78, 5) is 27.6. The highest BCUT2D eigenvalue weighted by Gasteiger charge is 2.64. The number of hydrogen-bond donors (Lipinski definition) is 1. The van der Waals surface area contributed by atoms with Crippen LogP contribution in [0.2, 0.25) is 0 Å². The minimum Gasteiger partial charge on any atom is -0.381 e. The van der Waals surface area contributed by atoms with E-state index in [0.717, 1.165) is 18.6 Å². The average molecular weight is 394 g/mol. The lowest BCUT2D eigenvalue weighted by atomic mass is 10.1. The van der Waals surface area contributed by atoms with Gasteiger partial charge in [0.25, 0.3) is 0 Å². The van der Waals surface area contributed by atoms with Gasteiger partial charge < -0.3 is 15.0 Å². The quantitative estimate of drug-likeness (QED) is 0.858. The Bertz CT molecular complexity index is 846. The van der Waals surface area contributed by atoms with E-state index in [1.54, 1.807) is 4.90 Å². The fourth-order valence-corrected chi connectivity index (χ4v) is 4.98. The lowest BCUT2D eigenvalue weighted by Gasteiger charge is -2.28.